The highest BCUT2D eigenvalue weighted by atomic mass is 16.5. The summed E-state index contributed by atoms with van der Waals surface area (Å²) in [5.41, 5.74) is 0. The molecule has 15 heavy (non-hydrogen) atoms. The van der Waals surface area contributed by atoms with Crippen LogP contribution < -0.4 is 5.32 Å². The van der Waals surface area contributed by atoms with E-state index in [-0.39, 0.29) is 5.97 Å². The molecule has 0 aromatic carbocycles. The van der Waals surface area contributed by atoms with Crippen LogP contribution in [0.1, 0.15) is 32.6 Å². The fraction of sp³-hybridized carbons (Fsp3) is 0.909. The molecule has 1 saturated heterocycles. The summed E-state index contributed by atoms with van der Waals surface area (Å²) in [6, 6.07) is 0. The molecule has 0 spiro atoms. The SMILES string of the molecule is CCOC(=O)CCNCC1CCCCO1. The summed E-state index contributed by atoms with van der Waals surface area (Å²) in [4.78, 5) is 11.0. The smallest absolute Gasteiger partial charge is 0.307 e. The van der Waals surface area contributed by atoms with Crippen LogP contribution in [0.5, 0.6) is 0 Å². The monoisotopic (exact) mass is 215 g/mol. The van der Waals surface area contributed by atoms with Crippen LogP contribution in [0.25, 0.3) is 0 Å². The molecule has 1 heterocycles. The molecule has 0 saturated carbocycles. The normalized spacial score (nSPS) is 21.3. The van der Waals surface area contributed by atoms with Crippen molar-refractivity contribution in [1.29, 1.82) is 0 Å². The first-order valence-electron chi connectivity index (χ1n) is 5.81. The Morgan fingerprint density at radius 2 is 2.40 bits per heavy atom. The zero-order chi connectivity index (χ0) is 10.9. The summed E-state index contributed by atoms with van der Waals surface area (Å²) in [6.45, 7) is 4.69. The van der Waals surface area contributed by atoms with Gasteiger partial charge in [0.15, 0.2) is 0 Å². The van der Waals surface area contributed by atoms with Crippen LogP contribution in [0.2, 0.25) is 0 Å². The van der Waals surface area contributed by atoms with Gasteiger partial charge in [0.1, 0.15) is 0 Å². The second-order valence-corrected chi connectivity index (χ2v) is 3.75. The molecule has 0 amide bonds. The molecule has 1 N–H and O–H groups in total. The van der Waals surface area contributed by atoms with Crippen LogP contribution in [0.3, 0.4) is 0 Å². The maximum atomic E-state index is 11.0. The van der Waals surface area contributed by atoms with Crippen molar-refractivity contribution < 1.29 is 14.3 Å². The van der Waals surface area contributed by atoms with E-state index < -0.39 is 0 Å². The van der Waals surface area contributed by atoms with Crippen LogP contribution in [-0.4, -0.2) is 38.4 Å². The Kier molecular flexibility index (Phi) is 6.36. The highest BCUT2D eigenvalue weighted by Crippen LogP contribution is 2.11. The van der Waals surface area contributed by atoms with E-state index in [1.165, 1.54) is 12.8 Å². The minimum atomic E-state index is -0.130. The zero-order valence-electron chi connectivity index (χ0n) is 9.46. The second kappa shape index (κ2) is 7.65. The molecule has 1 aliphatic rings. The lowest BCUT2D eigenvalue weighted by atomic mass is 10.1. The number of nitrogens with one attached hydrogen (secondary N) is 1. The molecule has 0 aromatic rings. The topological polar surface area (TPSA) is 47.6 Å². The van der Waals surface area contributed by atoms with Gasteiger partial charge in [-0.15, -0.1) is 0 Å². The molecular formula is C11H21NO3. The molecule has 4 heteroatoms. The lowest BCUT2D eigenvalue weighted by molar-refractivity contribution is -0.143. The molecular weight excluding hydrogens is 194 g/mol. The fourth-order valence-electron chi connectivity index (χ4n) is 1.66. The lowest BCUT2D eigenvalue weighted by Crippen LogP contribution is -2.33. The van der Waals surface area contributed by atoms with E-state index in [0.29, 0.717) is 25.7 Å². The molecule has 1 fully saturated rings. The van der Waals surface area contributed by atoms with Crippen molar-refractivity contribution in [2.24, 2.45) is 0 Å². The van der Waals surface area contributed by atoms with E-state index in [1.54, 1.807) is 0 Å². The summed E-state index contributed by atoms with van der Waals surface area (Å²) >= 11 is 0. The third-order valence-corrected chi connectivity index (χ3v) is 2.46. The van der Waals surface area contributed by atoms with E-state index in [0.717, 1.165) is 19.6 Å². The molecule has 88 valence electrons. The number of esters is 1. The summed E-state index contributed by atoms with van der Waals surface area (Å²) < 4.78 is 10.4. The van der Waals surface area contributed by atoms with E-state index in [9.17, 15) is 4.79 Å². The molecule has 0 radical (unpaired) electrons. The third kappa shape index (κ3) is 5.74. The summed E-state index contributed by atoms with van der Waals surface area (Å²) in [5.74, 6) is -0.130. The maximum Gasteiger partial charge on any atom is 0.307 e. The molecule has 4 nitrogen and oxygen atoms in total. The number of hydrogen-bond donors (Lipinski definition) is 1. The Bertz CT molecular complexity index is 179. The average Bonchev–Trinajstić information content (AvgIpc) is 2.26. The standard InChI is InChI=1S/C11H21NO3/c1-2-14-11(13)6-7-12-9-10-5-3-4-8-15-10/h10,12H,2-9H2,1H3. The number of hydrogen-bond acceptors (Lipinski definition) is 4. The third-order valence-electron chi connectivity index (χ3n) is 2.46. The van der Waals surface area contributed by atoms with E-state index >= 15 is 0 Å². The Hall–Kier alpha value is -0.610. The van der Waals surface area contributed by atoms with Crippen molar-refractivity contribution in [1.82, 2.24) is 5.32 Å². The Labute approximate surface area is 91.3 Å². The predicted octanol–water partition coefficient (Wildman–Crippen LogP) is 1.10. The molecule has 1 rings (SSSR count). The first-order chi connectivity index (χ1) is 7.33. The van der Waals surface area contributed by atoms with Crippen LogP contribution in [0, 0.1) is 0 Å². The fourth-order valence-corrected chi connectivity index (χ4v) is 1.66. The van der Waals surface area contributed by atoms with Crippen LogP contribution in [0.4, 0.5) is 0 Å². The van der Waals surface area contributed by atoms with Crippen LogP contribution >= 0.6 is 0 Å². The number of carbonyl (C=O) groups is 1. The molecule has 0 bridgehead atoms. The lowest BCUT2D eigenvalue weighted by Gasteiger charge is -2.22. The largest absolute Gasteiger partial charge is 0.466 e. The van der Waals surface area contributed by atoms with Crippen molar-refractivity contribution in [3.63, 3.8) is 0 Å². The Balaban J connectivity index is 1.93. The van der Waals surface area contributed by atoms with Gasteiger partial charge in [0, 0.05) is 19.7 Å². The van der Waals surface area contributed by atoms with Gasteiger partial charge < -0.3 is 14.8 Å². The highest BCUT2D eigenvalue weighted by Gasteiger charge is 2.12. The van der Waals surface area contributed by atoms with Crippen LogP contribution in [0.15, 0.2) is 0 Å². The van der Waals surface area contributed by atoms with Gasteiger partial charge >= 0.3 is 5.97 Å². The van der Waals surface area contributed by atoms with Crippen molar-refractivity contribution in [3.8, 4) is 0 Å². The minimum absolute atomic E-state index is 0.130. The predicted molar refractivity (Wildman–Crippen MR) is 57.7 cm³/mol. The van der Waals surface area contributed by atoms with E-state index in [2.05, 4.69) is 5.32 Å². The van der Waals surface area contributed by atoms with Gasteiger partial charge in [-0.3, -0.25) is 4.79 Å². The van der Waals surface area contributed by atoms with Crippen molar-refractivity contribution >= 4 is 5.97 Å². The van der Waals surface area contributed by atoms with Gasteiger partial charge in [0.05, 0.1) is 19.1 Å². The van der Waals surface area contributed by atoms with Gasteiger partial charge in [0.2, 0.25) is 0 Å². The first-order valence-corrected chi connectivity index (χ1v) is 5.81. The Morgan fingerprint density at radius 1 is 1.53 bits per heavy atom. The van der Waals surface area contributed by atoms with Gasteiger partial charge in [-0.25, -0.2) is 0 Å². The van der Waals surface area contributed by atoms with Gasteiger partial charge in [-0.2, -0.15) is 0 Å². The van der Waals surface area contributed by atoms with Crippen molar-refractivity contribution in [2.45, 2.75) is 38.7 Å². The van der Waals surface area contributed by atoms with E-state index in [4.69, 9.17) is 9.47 Å². The van der Waals surface area contributed by atoms with Gasteiger partial charge in [0.25, 0.3) is 0 Å². The van der Waals surface area contributed by atoms with Crippen molar-refractivity contribution in [2.75, 3.05) is 26.3 Å². The van der Waals surface area contributed by atoms with Crippen molar-refractivity contribution in [3.05, 3.63) is 0 Å². The minimum Gasteiger partial charge on any atom is -0.466 e. The second-order valence-electron chi connectivity index (χ2n) is 3.75. The first kappa shape index (κ1) is 12.5. The molecule has 1 atom stereocenters. The summed E-state index contributed by atoms with van der Waals surface area (Å²) in [7, 11) is 0. The zero-order valence-corrected chi connectivity index (χ0v) is 9.46. The van der Waals surface area contributed by atoms with E-state index in [1.807, 2.05) is 6.92 Å². The number of rotatable bonds is 6. The summed E-state index contributed by atoms with van der Waals surface area (Å²) in [5, 5.41) is 3.22. The molecule has 1 unspecified atom stereocenters. The average molecular weight is 215 g/mol. The number of carbonyl (C=O) groups excluding carboxylic acids is 1. The summed E-state index contributed by atoms with van der Waals surface area (Å²) in [6.07, 6.45) is 4.34. The molecule has 0 aliphatic carbocycles. The van der Waals surface area contributed by atoms with Gasteiger partial charge in [-0.1, -0.05) is 0 Å². The molecule has 1 aliphatic heterocycles. The highest BCUT2D eigenvalue weighted by molar-refractivity contribution is 5.69. The van der Waals surface area contributed by atoms with Gasteiger partial charge in [-0.05, 0) is 26.2 Å². The van der Waals surface area contributed by atoms with Crippen LogP contribution in [-0.2, 0) is 14.3 Å². The number of ether oxygens (including phenoxy) is 2. The quantitative estimate of drug-likeness (QED) is 0.532. The Morgan fingerprint density at radius 3 is 3.07 bits per heavy atom. The maximum absolute atomic E-state index is 11.0. The molecule has 0 aromatic heterocycles.